The molecule has 2 N–H and O–H groups in total. The van der Waals surface area contributed by atoms with Gasteiger partial charge in [0.2, 0.25) is 0 Å². The number of carboxylic acid groups (broad SMARTS) is 1. The Bertz CT molecular complexity index is 841. The summed E-state index contributed by atoms with van der Waals surface area (Å²) < 4.78 is 23.6. The molecule has 0 aliphatic rings. The Kier molecular flexibility index (Phi) is 10.1. The van der Waals surface area contributed by atoms with Crippen LogP contribution in [-0.4, -0.2) is 40.5 Å². The zero-order valence-electron chi connectivity index (χ0n) is 18.0. The van der Waals surface area contributed by atoms with E-state index in [1.54, 1.807) is 4.31 Å². The summed E-state index contributed by atoms with van der Waals surface area (Å²) in [6, 6.07) is 11.9. The van der Waals surface area contributed by atoms with Crippen LogP contribution < -0.4 is 9.21 Å². The van der Waals surface area contributed by atoms with Crippen molar-refractivity contribution in [3.8, 4) is 0 Å². The third-order valence-electron chi connectivity index (χ3n) is 5.32. The summed E-state index contributed by atoms with van der Waals surface area (Å²) in [5, 5.41) is 10.7. The van der Waals surface area contributed by atoms with Crippen molar-refractivity contribution in [3.63, 3.8) is 0 Å². The van der Waals surface area contributed by atoms with Gasteiger partial charge in [-0.3, -0.25) is 13.7 Å². The lowest BCUT2D eigenvalue weighted by molar-refractivity contribution is -0.137. The van der Waals surface area contributed by atoms with Gasteiger partial charge in [-0.1, -0.05) is 62.8 Å². The molecule has 0 bridgehead atoms. The number of nitrogens with zero attached hydrogens (tertiary/aromatic N) is 2. The van der Waals surface area contributed by atoms with Crippen molar-refractivity contribution in [2.75, 3.05) is 29.8 Å². The van der Waals surface area contributed by atoms with Crippen molar-refractivity contribution in [1.82, 2.24) is 0 Å². The van der Waals surface area contributed by atoms with Crippen LogP contribution in [0.1, 0.15) is 57.8 Å². The van der Waals surface area contributed by atoms with Gasteiger partial charge in [-0.15, -0.1) is 0 Å². The minimum absolute atomic E-state index is 0.262. The van der Waals surface area contributed by atoms with E-state index >= 15 is 0 Å². The zero-order valence-corrected chi connectivity index (χ0v) is 18.9. The SMILES string of the molecule is CN(C)c1cccc2c(N(CCCCCCCCCCC(=O)O)S(=O)O)cccc12. The van der Waals surface area contributed by atoms with Crippen molar-refractivity contribution < 1.29 is 18.7 Å². The van der Waals surface area contributed by atoms with E-state index in [0.29, 0.717) is 6.54 Å². The van der Waals surface area contributed by atoms with Crippen LogP contribution >= 0.6 is 0 Å². The van der Waals surface area contributed by atoms with Gasteiger partial charge < -0.3 is 10.0 Å². The van der Waals surface area contributed by atoms with Gasteiger partial charge in [0.1, 0.15) is 0 Å². The lowest BCUT2D eigenvalue weighted by Gasteiger charge is -2.23. The second kappa shape index (κ2) is 12.5. The topological polar surface area (TPSA) is 81.1 Å². The average Bonchev–Trinajstić information content (AvgIpc) is 2.70. The first-order valence-corrected chi connectivity index (χ1v) is 11.8. The number of fused-ring (bicyclic) bond motifs is 1. The number of carboxylic acids is 1. The van der Waals surface area contributed by atoms with E-state index in [4.69, 9.17) is 5.11 Å². The standard InChI is InChI=1S/C23H34N2O4S/c1-24(2)21-15-11-14-20-19(21)13-12-16-22(20)25(30(28)29)18-10-8-6-4-3-5-7-9-17-23(26)27/h11-16H,3-10,17-18H2,1-2H3,(H,26,27)(H,28,29). The van der Waals surface area contributed by atoms with Crippen LogP contribution in [0.15, 0.2) is 36.4 Å². The van der Waals surface area contributed by atoms with Crippen LogP contribution in [0.3, 0.4) is 0 Å². The number of aliphatic carboxylic acids is 1. The lowest BCUT2D eigenvalue weighted by atomic mass is 10.1. The van der Waals surface area contributed by atoms with Crippen LogP contribution in [0.25, 0.3) is 10.8 Å². The summed E-state index contributed by atoms with van der Waals surface area (Å²) in [4.78, 5) is 12.5. The molecule has 0 saturated carbocycles. The molecule has 1 atom stereocenters. The monoisotopic (exact) mass is 434 g/mol. The highest BCUT2D eigenvalue weighted by Gasteiger charge is 2.16. The molecule has 166 valence electrons. The minimum Gasteiger partial charge on any atom is -0.481 e. The fourth-order valence-corrected chi connectivity index (χ4v) is 4.37. The van der Waals surface area contributed by atoms with Gasteiger partial charge in [0.15, 0.2) is 0 Å². The predicted octanol–water partition coefficient (Wildman–Crippen LogP) is 5.44. The summed E-state index contributed by atoms with van der Waals surface area (Å²) in [6.07, 6.45) is 8.26. The molecule has 0 heterocycles. The number of benzene rings is 2. The Balaban J connectivity index is 1.87. The fourth-order valence-electron chi connectivity index (χ4n) is 3.76. The first kappa shape index (κ1) is 24.2. The average molecular weight is 435 g/mol. The van der Waals surface area contributed by atoms with Crippen LogP contribution in [0.5, 0.6) is 0 Å². The summed E-state index contributed by atoms with van der Waals surface area (Å²) in [7, 11) is 3.99. The Hall–Kier alpha value is -2.12. The molecule has 0 aromatic heterocycles. The molecule has 2 rings (SSSR count). The quantitative estimate of drug-likeness (QED) is 0.305. The van der Waals surface area contributed by atoms with Crippen molar-refractivity contribution >= 4 is 39.4 Å². The molecule has 2 aromatic rings. The first-order chi connectivity index (χ1) is 14.4. The van der Waals surface area contributed by atoms with E-state index in [-0.39, 0.29) is 6.42 Å². The highest BCUT2D eigenvalue weighted by Crippen LogP contribution is 2.33. The predicted molar refractivity (Wildman–Crippen MR) is 126 cm³/mol. The van der Waals surface area contributed by atoms with E-state index < -0.39 is 17.2 Å². The third-order valence-corrected chi connectivity index (χ3v) is 6.07. The second-order valence-electron chi connectivity index (χ2n) is 7.85. The first-order valence-electron chi connectivity index (χ1n) is 10.7. The molecule has 0 aliphatic heterocycles. The number of rotatable bonds is 14. The van der Waals surface area contributed by atoms with E-state index in [2.05, 4.69) is 0 Å². The third kappa shape index (κ3) is 7.29. The fraction of sp³-hybridized carbons (Fsp3) is 0.522. The molecule has 30 heavy (non-hydrogen) atoms. The molecule has 0 radical (unpaired) electrons. The summed E-state index contributed by atoms with van der Waals surface area (Å²) in [5.74, 6) is -0.718. The maximum Gasteiger partial charge on any atom is 0.303 e. The van der Waals surface area contributed by atoms with E-state index in [1.807, 2.05) is 55.4 Å². The van der Waals surface area contributed by atoms with Gasteiger partial charge >= 0.3 is 5.97 Å². The van der Waals surface area contributed by atoms with Crippen molar-refractivity contribution in [2.24, 2.45) is 0 Å². The molecular formula is C23H34N2O4S. The molecule has 6 nitrogen and oxygen atoms in total. The maximum absolute atomic E-state index is 12.1. The molecule has 0 aliphatic carbocycles. The Labute approximate surface area is 182 Å². The van der Waals surface area contributed by atoms with Gasteiger partial charge in [-0.25, -0.2) is 4.21 Å². The normalized spacial score (nSPS) is 12.1. The molecular weight excluding hydrogens is 400 g/mol. The molecule has 2 aromatic carbocycles. The van der Waals surface area contributed by atoms with E-state index in [1.165, 1.54) is 0 Å². The van der Waals surface area contributed by atoms with E-state index in [0.717, 1.165) is 73.5 Å². The number of carbonyl (C=O) groups is 1. The van der Waals surface area contributed by atoms with Crippen molar-refractivity contribution in [3.05, 3.63) is 36.4 Å². The number of hydrogen-bond acceptors (Lipinski definition) is 3. The van der Waals surface area contributed by atoms with Crippen LogP contribution in [0, 0.1) is 0 Å². The van der Waals surface area contributed by atoms with Gasteiger partial charge in [0.05, 0.1) is 5.69 Å². The molecule has 7 heteroatoms. The van der Waals surface area contributed by atoms with Crippen LogP contribution in [0.4, 0.5) is 11.4 Å². The Morgan fingerprint density at radius 3 is 1.87 bits per heavy atom. The minimum atomic E-state index is -2.07. The van der Waals surface area contributed by atoms with Gasteiger partial charge in [0, 0.05) is 43.5 Å². The van der Waals surface area contributed by atoms with Gasteiger partial charge in [0.25, 0.3) is 11.3 Å². The molecule has 0 amide bonds. The largest absolute Gasteiger partial charge is 0.481 e. The number of hydrogen-bond donors (Lipinski definition) is 2. The smallest absolute Gasteiger partial charge is 0.303 e. The lowest BCUT2D eigenvalue weighted by Crippen LogP contribution is -2.26. The highest BCUT2D eigenvalue weighted by molar-refractivity contribution is 7.80. The van der Waals surface area contributed by atoms with Gasteiger partial charge in [-0.05, 0) is 25.0 Å². The van der Waals surface area contributed by atoms with Gasteiger partial charge in [-0.2, -0.15) is 0 Å². The molecule has 1 unspecified atom stereocenters. The molecule has 0 saturated heterocycles. The van der Waals surface area contributed by atoms with E-state index in [9.17, 15) is 13.6 Å². The van der Waals surface area contributed by atoms with Crippen LogP contribution in [-0.2, 0) is 16.1 Å². The highest BCUT2D eigenvalue weighted by atomic mass is 32.2. The van der Waals surface area contributed by atoms with Crippen LogP contribution in [0.2, 0.25) is 0 Å². The maximum atomic E-state index is 12.1. The summed E-state index contributed by atoms with van der Waals surface area (Å²) in [5.41, 5.74) is 1.87. The van der Waals surface area contributed by atoms with Crippen molar-refractivity contribution in [1.29, 1.82) is 0 Å². The molecule has 0 fully saturated rings. The molecule has 0 spiro atoms. The number of unbranched alkanes of at least 4 members (excludes halogenated alkanes) is 7. The van der Waals surface area contributed by atoms with Crippen molar-refractivity contribution in [2.45, 2.75) is 57.8 Å². The summed E-state index contributed by atoms with van der Waals surface area (Å²) in [6.45, 7) is 0.535. The second-order valence-corrected chi connectivity index (χ2v) is 8.75. The Morgan fingerprint density at radius 2 is 1.33 bits per heavy atom. The number of anilines is 2. The summed E-state index contributed by atoms with van der Waals surface area (Å²) >= 11 is -2.07. The Morgan fingerprint density at radius 1 is 0.833 bits per heavy atom. The zero-order chi connectivity index (χ0) is 21.9.